The van der Waals surface area contributed by atoms with Gasteiger partial charge >= 0.3 is 0 Å². The summed E-state index contributed by atoms with van der Waals surface area (Å²) in [6.45, 7) is 15.9. The van der Waals surface area contributed by atoms with Crippen molar-refractivity contribution in [3.63, 3.8) is 0 Å². The highest BCUT2D eigenvalue weighted by Gasteiger charge is 2.45. The van der Waals surface area contributed by atoms with Crippen LogP contribution in [0.3, 0.4) is 0 Å². The minimum absolute atomic E-state index is 0.00340. The van der Waals surface area contributed by atoms with Gasteiger partial charge in [0.25, 0.3) is 6.71 Å². The fraction of sp³-hybridized carbons (Fsp3) is 0.158. The first-order valence-corrected chi connectivity index (χ1v) is 22.0. The van der Waals surface area contributed by atoms with Crippen LogP contribution in [0.25, 0.3) is 16.3 Å². The number of nitrogens with zero attached hydrogens (tertiary/aromatic N) is 4. The Kier molecular flexibility index (Phi) is 8.60. The van der Waals surface area contributed by atoms with Crippen molar-refractivity contribution in [3.8, 4) is 0 Å². The molecular formula is C57H51BN4. The predicted octanol–water partition coefficient (Wildman–Crippen LogP) is 13.5. The molecule has 2 aromatic heterocycles. The second kappa shape index (κ2) is 14.0. The average Bonchev–Trinajstić information content (AvgIpc) is 3.65. The van der Waals surface area contributed by atoms with Gasteiger partial charge in [0.2, 0.25) is 0 Å². The molecule has 62 heavy (non-hydrogen) atoms. The lowest BCUT2D eigenvalue weighted by molar-refractivity contribution is 0.590. The van der Waals surface area contributed by atoms with Crippen molar-refractivity contribution in [2.24, 2.45) is 0 Å². The maximum absolute atomic E-state index is 2.54. The predicted molar refractivity (Wildman–Crippen MR) is 266 cm³/mol. The lowest BCUT2D eigenvalue weighted by Crippen LogP contribution is -2.61. The number of hydrogen-bond acceptors (Lipinski definition) is 3. The van der Waals surface area contributed by atoms with Crippen LogP contribution in [0.1, 0.15) is 58.2 Å². The summed E-state index contributed by atoms with van der Waals surface area (Å²) in [5, 5.41) is 2.46. The van der Waals surface area contributed by atoms with E-state index in [2.05, 4.69) is 250 Å². The molecule has 4 heterocycles. The molecule has 2 aliphatic rings. The number of hydrogen-bond donors (Lipinski definition) is 0. The third-order valence-electron chi connectivity index (χ3n) is 13.1. The molecule has 0 fully saturated rings. The van der Waals surface area contributed by atoms with Crippen LogP contribution in [0.4, 0.5) is 51.3 Å². The molecule has 7 aromatic carbocycles. The van der Waals surface area contributed by atoms with E-state index >= 15 is 0 Å². The van der Waals surface area contributed by atoms with E-state index in [1.165, 1.54) is 77.9 Å². The molecule has 9 aromatic rings. The van der Waals surface area contributed by atoms with E-state index < -0.39 is 0 Å². The maximum Gasteiger partial charge on any atom is 0.254 e. The largest absolute Gasteiger partial charge is 0.311 e. The van der Waals surface area contributed by atoms with E-state index in [4.69, 9.17) is 0 Å². The lowest BCUT2D eigenvalue weighted by atomic mass is 9.34. The van der Waals surface area contributed by atoms with Crippen molar-refractivity contribution in [2.75, 3.05) is 14.7 Å². The summed E-state index contributed by atoms with van der Waals surface area (Å²) in [5.74, 6) is 1.19. The first-order valence-electron chi connectivity index (χ1n) is 22.0. The van der Waals surface area contributed by atoms with Crippen molar-refractivity contribution >= 4 is 90.7 Å². The van der Waals surface area contributed by atoms with Crippen molar-refractivity contribution in [3.05, 3.63) is 199 Å². The van der Waals surface area contributed by atoms with Crippen LogP contribution in [0.2, 0.25) is 0 Å². The zero-order valence-corrected chi connectivity index (χ0v) is 36.7. The van der Waals surface area contributed by atoms with Crippen LogP contribution in [-0.4, -0.2) is 11.1 Å². The van der Waals surface area contributed by atoms with Gasteiger partial charge in [-0.25, -0.2) is 0 Å². The number of aromatic nitrogens is 1. The Bertz CT molecular complexity index is 3110. The average molecular weight is 803 g/mol. The Hall–Kier alpha value is -6.98. The minimum atomic E-state index is -0.00340. The van der Waals surface area contributed by atoms with Gasteiger partial charge in [-0.05, 0) is 141 Å². The van der Waals surface area contributed by atoms with Crippen LogP contribution >= 0.6 is 0 Å². The summed E-state index contributed by atoms with van der Waals surface area (Å²) in [6, 6.07) is 65.8. The van der Waals surface area contributed by atoms with Crippen LogP contribution in [0.15, 0.2) is 182 Å². The Labute approximate surface area is 366 Å². The molecule has 0 bridgehead atoms. The highest BCUT2D eigenvalue weighted by atomic mass is 15.2. The zero-order valence-electron chi connectivity index (χ0n) is 36.7. The molecule has 0 N–H and O–H groups in total. The molecule has 2 aliphatic heterocycles. The molecule has 0 unspecified atom stereocenters. The van der Waals surface area contributed by atoms with Crippen molar-refractivity contribution in [1.29, 1.82) is 0 Å². The minimum Gasteiger partial charge on any atom is -0.311 e. The van der Waals surface area contributed by atoms with Gasteiger partial charge in [-0.1, -0.05) is 133 Å². The number of benzene rings is 7. The van der Waals surface area contributed by atoms with Gasteiger partial charge in [-0.2, -0.15) is 0 Å². The lowest BCUT2D eigenvalue weighted by Gasteiger charge is -2.44. The summed E-state index contributed by atoms with van der Waals surface area (Å²) in [7, 11) is 0. The molecule has 0 atom stereocenters. The van der Waals surface area contributed by atoms with E-state index in [1.54, 1.807) is 0 Å². The number of aryl methyl sites for hydroxylation is 1. The van der Waals surface area contributed by atoms with E-state index in [9.17, 15) is 0 Å². The summed E-state index contributed by atoms with van der Waals surface area (Å²) < 4.78 is 2.39. The summed E-state index contributed by atoms with van der Waals surface area (Å²) >= 11 is 0. The van der Waals surface area contributed by atoms with Crippen molar-refractivity contribution in [1.82, 2.24) is 4.40 Å². The van der Waals surface area contributed by atoms with Gasteiger partial charge in [0, 0.05) is 56.9 Å². The molecule has 0 radical (unpaired) electrons. The van der Waals surface area contributed by atoms with Gasteiger partial charge in [-0.15, -0.1) is 0 Å². The first kappa shape index (κ1) is 38.0. The van der Waals surface area contributed by atoms with E-state index in [-0.39, 0.29) is 17.5 Å². The zero-order chi connectivity index (χ0) is 42.5. The second-order valence-electron chi connectivity index (χ2n) is 19.2. The third-order valence-corrected chi connectivity index (χ3v) is 13.1. The topological polar surface area (TPSA) is 14.1 Å². The van der Waals surface area contributed by atoms with Gasteiger partial charge in [-0.3, -0.25) is 4.90 Å². The molecule has 0 aliphatic carbocycles. The monoisotopic (exact) mass is 802 g/mol. The van der Waals surface area contributed by atoms with Crippen LogP contribution in [0.5, 0.6) is 0 Å². The van der Waals surface area contributed by atoms with Crippen molar-refractivity contribution < 1.29 is 0 Å². The summed E-state index contributed by atoms with van der Waals surface area (Å²) in [4.78, 5) is 7.49. The molecule has 11 rings (SSSR count). The number of para-hydroxylation sites is 1. The molecule has 0 saturated carbocycles. The molecule has 0 saturated heterocycles. The maximum atomic E-state index is 2.54. The number of pyridine rings is 1. The summed E-state index contributed by atoms with van der Waals surface area (Å²) in [6.07, 6.45) is 2.23. The normalized spacial score (nSPS) is 13.3. The van der Waals surface area contributed by atoms with E-state index in [0.29, 0.717) is 0 Å². The van der Waals surface area contributed by atoms with Crippen LogP contribution < -0.4 is 31.1 Å². The van der Waals surface area contributed by atoms with E-state index in [1.807, 2.05) is 0 Å². The number of fused-ring (bicyclic) bond motifs is 7. The standard InChI is InChI=1S/C57H51BN4/c1-38-34-52-54-53(35-38)62(50-22-15-17-39-16-11-12-21-47(39)50)55-49(36-45-20-13-14-33-59(45)55)58(54)48-32-31-46(37-51(48)61(52)42-18-9-8-10-19-42)60(43-27-23-40(24-28-43)56(2,3)4)44-29-25-41(26-30-44)57(5,6)7/h8-37H,1-7H3. The fourth-order valence-electron chi connectivity index (χ4n) is 10.0. The van der Waals surface area contributed by atoms with Crippen LogP contribution in [-0.2, 0) is 10.8 Å². The molecule has 4 nitrogen and oxygen atoms in total. The highest BCUT2D eigenvalue weighted by Crippen LogP contribution is 2.48. The Balaban J connectivity index is 1.18. The first-order chi connectivity index (χ1) is 29.9. The van der Waals surface area contributed by atoms with Gasteiger partial charge in [0.15, 0.2) is 0 Å². The number of rotatable bonds is 5. The molecule has 5 heteroatoms. The Morgan fingerprint density at radius 3 is 1.74 bits per heavy atom. The smallest absolute Gasteiger partial charge is 0.254 e. The fourth-order valence-corrected chi connectivity index (χ4v) is 10.0. The molecule has 302 valence electrons. The third kappa shape index (κ3) is 6.05. The van der Waals surface area contributed by atoms with Gasteiger partial charge in [0.05, 0.1) is 5.69 Å². The Morgan fingerprint density at radius 1 is 0.468 bits per heavy atom. The highest BCUT2D eigenvalue weighted by molar-refractivity contribution is 7.00. The van der Waals surface area contributed by atoms with Gasteiger partial charge in [0.1, 0.15) is 5.82 Å². The quantitative estimate of drug-likeness (QED) is 0.161. The van der Waals surface area contributed by atoms with Gasteiger partial charge < -0.3 is 14.2 Å². The molecule has 0 amide bonds. The molecular weight excluding hydrogens is 751 g/mol. The van der Waals surface area contributed by atoms with E-state index in [0.717, 1.165) is 22.7 Å². The van der Waals surface area contributed by atoms with Crippen LogP contribution in [0, 0.1) is 6.92 Å². The second-order valence-corrected chi connectivity index (χ2v) is 19.2. The summed E-state index contributed by atoms with van der Waals surface area (Å²) in [5.41, 5.74) is 18.4. The Morgan fingerprint density at radius 2 is 1.06 bits per heavy atom. The number of anilines is 9. The SMILES string of the molecule is Cc1cc2c3c(c1)N(c1cccc4ccccc14)c1c(cc4ccccn14)B3c1ccc(N(c3ccc(C(C)(C)C)cc3)c3ccc(C(C)(C)C)cc3)cc1N2c1ccccc1. The van der Waals surface area contributed by atoms with Crippen molar-refractivity contribution in [2.45, 2.75) is 59.3 Å². The molecule has 0 spiro atoms.